The van der Waals surface area contributed by atoms with Crippen LogP contribution in [-0.4, -0.2) is 20.5 Å². The van der Waals surface area contributed by atoms with Gasteiger partial charge in [-0.15, -0.1) is 0 Å². The highest BCUT2D eigenvalue weighted by Crippen LogP contribution is 2.41. The van der Waals surface area contributed by atoms with E-state index in [4.69, 9.17) is 0 Å². The third kappa shape index (κ3) is 2.94. The lowest BCUT2D eigenvalue weighted by Crippen LogP contribution is -2.20. The molecule has 0 radical (unpaired) electrons. The summed E-state index contributed by atoms with van der Waals surface area (Å²) in [5.41, 5.74) is -3.32. The molecule has 0 saturated heterocycles. The first kappa shape index (κ1) is 16.9. The van der Waals surface area contributed by atoms with E-state index in [1.54, 1.807) is 0 Å². The van der Waals surface area contributed by atoms with E-state index >= 15 is 0 Å². The summed E-state index contributed by atoms with van der Waals surface area (Å²) in [4.78, 5) is 35.0. The van der Waals surface area contributed by atoms with E-state index in [-0.39, 0.29) is 11.5 Å². The Hall–Kier alpha value is -2.91. The molecule has 7 nitrogen and oxygen atoms in total. The van der Waals surface area contributed by atoms with Crippen molar-refractivity contribution in [2.45, 2.75) is 24.9 Å². The van der Waals surface area contributed by atoms with Gasteiger partial charge in [-0.05, 0) is 25.0 Å². The number of ketones is 1. The molecular weight excluding hydrogens is 343 g/mol. The van der Waals surface area contributed by atoms with Crippen LogP contribution in [0.1, 0.15) is 45.9 Å². The minimum atomic E-state index is -4.78. The number of hydrogen-bond donors (Lipinski definition) is 1. The summed E-state index contributed by atoms with van der Waals surface area (Å²) >= 11 is 0. The monoisotopic (exact) mass is 355 g/mol. The summed E-state index contributed by atoms with van der Waals surface area (Å²) in [7, 11) is 1.39. The summed E-state index contributed by atoms with van der Waals surface area (Å²) in [6.07, 6.45) is -3.26. The fourth-order valence-corrected chi connectivity index (χ4v) is 2.64. The molecule has 2 aromatic rings. The molecule has 0 spiro atoms. The van der Waals surface area contributed by atoms with Crippen molar-refractivity contribution < 1.29 is 22.9 Å². The lowest BCUT2D eigenvalue weighted by molar-refractivity contribution is -0.385. The normalized spacial score (nSPS) is 14.6. The summed E-state index contributed by atoms with van der Waals surface area (Å²) in [6, 6.07) is 1.64. The second-order valence-electron chi connectivity index (χ2n) is 5.85. The largest absolute Gasteiger partial charge is 0.416 e. The van der Waals surface area contributed by atoms with Crippen molar-refractivity contribution in [2.75, 3.05) is 0 Å². The summed E-state index contributed by atoms with van der Waals surface area (Å²) < 4.78 is 39.4. The van der Waals surface area contributed by atoms with Gasteiger partial charge in [-0.2, -0.15) is 13.2 Å². The second kappa shape index (κ2) is 5.57. The van der Waals surface area contributed by atoms with Crippen LogP contribution in [0.15, 0.2) is 23.0 Å². The Bertz CT molecular complexity index is 938. The van der Waals surface area contributed by atoms with Crippen LogP contribution in [0, 0.1) is 10.1 Å². The van der Waals surface area contributed by atoms with Crippen LogP contribution in [0.5, 0.6) is 0 Å². The topological polar surface area (TPSA) is 98.0 Å². The molecular formula is C15H12F3N3O4. The molecule has 1 fully saturated rings. The molecule has 1 aliphatic carbocycles. The molecule has 1 N–H and O–H groups in total. The van der Waals surface area contributed by atoms with Gasteiger partial charge in [0.25, 0.3) is 11.2 Å². The molecule has 1 aromatic carbocycles. The smallest absolute Gasteiger partial charge is 0.299 e. The standard InChI is InChI=1S/C15H12F3N3O4/c1-20-14(23)11(12(19-20)7-2-3-7)13(22)9-5-4-8(15(16,17)18)6-10(9)21(24)25/h4-7,19H,2-3H2,1H3. The van der Waals surface area contributed by atoms with Gasteiger partial charge in [0.15, 0.2) is 0 Å². The van der Waals surface area contributed by atoms with E-state index in [0.717, 1.165) is 23.6 Å². The molecule has 0 amide bonds. The van der Waals surface area contributed by atoms with Crippen LogP contribution in [0.2, 0.25) is 0 Å². The van der Waals surface area contributed by atoms with Crippen LogP contribution >= 0.6 is 0 Å². The van der Waals surface area contributed by atoms with E-state index in [0.29, 0.717) is 17.8 Å². The third-order valence-electron chi connectivity index (χ3n) is 4.06. The third-order valence-corrected chi connectivity index (χ3v) is 4.06. The minimum absolute atomic E-state index is 0.0265. The van der Waals surface area contributed by atoms with Gasteiger partial charge >= 0.3 is 6.18 Å². The molecule has 3 rings (SSSR count). The zero-order chi connectivity index (χ0) is 18.5. The molecule has 1 saturated carbocycles. The number of halogens is 3. The number of nitrogens with one attached hydrogen (secondary N) is 1. The van der Waals surface area contributed by atoms with E-state index in [9.17, 15) is 32.9 Å². The number of benzene rings is 1. The molecule has 132 valence electrons. The average Bonchev–Trinajstić information content (AvgIpc) is 3.32. The molecule has 1 heterocycles. The number of rotatable bonds is 4. The SMILES string of the molecule is Cn1[nH]c(C2CC2)c(C(=O)c2ccc(C(F)(F)F)cc2[N+](=O)[O-])c1=O. The Kier molecular flexibility index (Phi) is 3.77. The van der Waals surface area contributed by atoms with Gasteiger partial charge in [0.1, 0.15) is 11.1 Å². The van der Waals surface area contributed by atoms with Crippen LogP contribution < -0.4 is 5.56 Å². The molecule has 1 aliphatic rings. The number of nitro groups is 1. The number of carbonyl (C=O) groups excluding carboxylic acids is 1. The first-order valence-corrected chi connectivity index (χ1v) is 7.30. The molecule has 10 heteroatoms. The van der Waals surface area contributed by atoms with Gasteiger partial charge in [-0.1, -0.05) is 0 Å². The van der Waals surface area contributed by atoms with Gasteiger partial charge in [-0.25, -0.2) is 0 Å². The Morgan fingerprint density at radius 3 is 2.52 bits per heavy atom. The molecule has 25 heavy (non-hydrogen) atoms. The highest BCUT2D eigenvalue weighted by atomic mass is 19.4. The number of nitrogens with zero attached hydrogens (tertiary/aromatic N) is 2. The predicted molar refractivity (Wildman–Crippen MR) is 79.5 cm³/mol. The van der Waals surface area contributed by atoms with Crippen molar-refractivity contribution in [3.05, 3.63) is 61.1 Å². The number of nitro benzene ring substituents is 1. The minimum Gasteiger partial charge on any atom is -0.299 e. The number of aromatic nitrogens is 2. The van der Waals surface area contributed by atoms with Gasteiger partial charge in [-0.3, -0.25) is 29.5 Å². The Morgan fingerprint density at radius 2 is 2.00 bits per heavy atom. The molecule has 0 aliphatic heterocycles. The van der Waals surface area contributed by atoms with Crippen molar-refractivity contribution in [3.63, 3.8) is 0 Å². The maximum atomic E-state index is 12.8. The average molecular weight is 355 g/mol. The lowest BCUT2D eigenvalue weighted by Gasteiger charge is -2.08. The van der Waals surface area contributed by atoms with Crippen molar-refractivity contribution in [3.8, 4) is 0 Å². The Labute approximate surface area is 138 Å². The number of aryl methyl sites for hydroxylation is 1. The first-order valence-electron chi connectivity index (χ1n) is 7.30. The van der Waals surface area contributed by atoms with Gasteiger partial charge in [0.2, 0.25) is 5.78 Å². The lowest BCUT2D eigenvalue weighted by atomic mass is 9.98. The fourth-order valence-electron chi connectivity index (χ4n) is 2.64. The van der Waals surface area contributed by atoms with Crippen molar-refractivity contribution in [1.82, 2.24) is 9.78 Å². The van der Waals surface area contributed by atoms with Crippen molar-refractivity contribution in [2.24, 2.45) is 7.05 Å². The zero-order valence-corrected chi connectivity index (χ0v) is 12.9. The number of alkyl halides is 3. The maximum absolute atomic E-state index is 12.8. The van der Waals surface area contributed by atoms with Crippen LogP contribution in [0.4, 0.5) is 18.9 Å². The van der Waals surface area contributed by atoms with E-state index < -0.39 is 39.3 Å². The summed E-state index contributed by atoms with van der Waals surface area (Å²) in [6.45, 7) is 0. The van der Waals surface area contributed by atoms with Gasteiger partial charge in [0, 0.05) is 19.0 Å². The van der Waals surface area contributed by atoms with Gasteiger partial charge in [0.05, 0.1) is 16.2 Å². The zero-order valence-electron chi connectivity index (χ0n) is 12.9. The van der Waals surface area contributed by atoms with Gasteiger partial charge < -0.3 is 0 Å². The van der Waals surface area contributed by atoms with E-state index in [1.807, 2.05) is 0 Å². The number of carbonyl (C=O) groups is 1. The predicted octanol–water partition coefficient (Wildman–Crippen LogP) is 2.75. The second-order valence-corrected chi connectivity index (χ2v) is 5.85. The number of hydrogen-bond acceptors (Lipinski definition) is 4. The highest BCUT2D eigenvalue weighted by Gasteiger charge is 2.37. The van der Waals surface area contributed by atoms with Crippen molar-refractivity contribution >= 4 is 11.5 Å². The number of H-pyrrole nitrogens is 1. The first-order chi connectivity index (χ1) is 11.6. The van der Waals surface area contributed by atoms with Crippen LogP contribution in [0.3, 0.4) is 0 Å². The molecule has 0 unspecified atom stereocenters. The highest BCUT2D eigenvalue weighted by molar-refractivity contribution is 6.12. The molecule has 0 atom stereocenters. The van der Waals surface area contributed by atoms with E-state index in [2.05, 4.69) is 5.10 Å². The maximum Gasteiger partial charge on any atom is 0.416 e. The summed E-state index contributed by atoms with van der Waals surface area (Å²) in [5.74, 6) is -0.981. The number of aromatic amines is 1. The Morgan fingerprint density at radius 1 is 1.36 bits per heavy atom. The van der Waals surface area contributed by atoms with Crippen LogP contribution in [-0.2, 0) is 13.2 Å². The van der Waals surface area contributed by atoms with E-state index in [1.165, 1.54) is 7.05 Å². The van der Waals surface area contributed by atoms with Crippen molar-refractivity contribution in [1.29, 1.82) is 0 Å². The summed E-state index contributed by atoms with van der Waals surface area (Å²) in [5, 5.41) is 13.9. The molecule has 1 aromatic heterocycles. The molecule has 0 bridgehead atoms. The van der Waals surface area contributed by atoms with Crippen LogP contribution in [0.25, 0.3) is 0 Å². The Balaban J connectivity index is 2.15. The quantitative estimate of drug-likeness (QED) is 0.518. The fraction of sp³-hybridized carbons (Fsp3) is 0.333.